The van der Waals surface area contributed by atoms with Crippen molar-refractivity contribution in [3.8, 4) is 11.5 Å². The lowest BCUT2D eigenvalue weighted by Crippen LogP contribution is -2.23. The van der Waals surface area contributed by atoms with Crippen molar-refractivity contribution in [3.05, 3.63) is 93.0 Å². The quantitative estimate of drug-likeness (QED) is 0.213. The molecular formula is C22H16ClF3N2O5. The van der Waals surface area contributed by atoms with Gasteiger partial charge in [-0.3, -0.25) is 19.7 Å². The molecule has 0 saturated carbocycles. The first-order valence-electron chi connectivity index (χ1n) is 9.34. The van der Waals surface area contributed by atoms with Gasteiger partial charge in [0.2, 0.25) is 0 Å². The van der Waals surface area contributed by atoms with E-state index in [1.165, 1.54) is 19.2 Å². The summed E-state index contributed by atoms with van der Waals surface area (Å²) in [6.45, 7) is -0.381. The molecule has 0 bridgehead atoms. The van der Waals surface area contributed by atoms with E-state index in [9.17, 15) is 28.1 Å². The molecule has 0 atom stereocenters. The van der Waals surface area contributed by atoms with E-state index in [2.05, 4.69) is 0 Å². The Bertz CT molecular complexity index is 1170. The monoisotopic (exact) mass is 480 g/mol. The first-order chi connectivity index (χ1) is 15.6. The predicted octanol–water partition coefficient (Wildman–Crippen LogP) is 6.31. The van der Waals surface area contributed by atoms with Gasteiger partial charge in [-0.2, -0.15) is 13.2 Å². The fourth-order valence-electron chi connectivity index (χ4n) is 2.79. The Hall–Kier alpha value is -3.63. The number of hydroxylamine groups is 1. The van der Waals surface area contributed by atoms with Crippen LogP contribution < -0.4 is 9.80 Å². The highest BCUT2D eigenvalue weighted by Gasteiger charge is 2.31. The molecule has 0 saturated heterocycles. The molecule has 0 heterocycles. The summed E-state index contributed by atoms with van der Waals surface area (Å²) in [6, 6.07) is 14.6. The molecule has 3 aromatic rings. The number of anilines is 1. The number of benzene rings is 3. The zero-order valence-corrected chi connectivity index (χ0v) is 17.8. The highest BCUT2D eigenvalue weighted by Crippen LogP contribution is 2.38. The Kier molecular flexibility index (Phi) is 7.19. The largest absolute Gasteiger partial charge is 0.456 e. The van der Waals surface area contributed by atoms with Gasteiger partial charge in [-0.1, -0.05) is 41.9 Å². The number of carbonyl (C=O) groups is 1. The second-order valence-electron chi connectivity index (χ2n) is 6.71. The minimum atomic E-state index is -4.57. The van der Waals surface area contributed by atoms with E-state index >= 15 is 0 Å². The number of Topliss-reactive ketones (excluding diaryl/α,β-unsaturated/α-hetero) is 1. The molecule has 0 N–H and O–H groups in total. The molecule has 0 fully saturated rings. The van der Waals surface area contributed by atoms with Crippen LogP contribution in [-0.2, 0) is 11.0 Å². The summed E-state index contributed by atoms with van der Waals surface area (Å²) in [7, 11) is 1.37. The third-order valence-electron chi connectivity index (χ3n) is 4.45. The number of rotatable bonds is 8. The van der Waals surface area contributed by atoms with E-state index in [1.54, 1.807) is 30.3 Å². The van der Waals surface area contributed by atoms with Gasteiger partial charge in [-0.15, -0.1) is 0 Å². The van der Waals surface area contributed by atoms with Crippen LogP contribution in [0.15, 0.2) is 66.7 Å². The van der Waals surface area contributed by atoms with E-state index < -0.39 is 16.7 Å². The second kappa shape index (κ2) is 9.88. The number of nitro groups is 1. The van der Waals surface area contributed by atoms with Gasteiger partial charge in [0, 0.05) is 24.7 Å². The maximum absolute atomic E-state index is 12.8. The zero-order chi connectivity index (χ0) is 24.2. The number of carbonyl (C=O) groups excluding carboxylic acids is 1. The maximum atomic E-state index is 12.8. The molecule has 3 rings (SSSR count). The standard InChI is InChI=1S/C22H16ClF3N2O5/c1-27(32-13-20(29)14-5-3-2-4-6-14)19-12-16(8-9-18(19)28(30)31)33-21-10-7-15(11-17(21)23)22(24,25)26/h2-12H,13H2,1H3. The van der Waals surface area contributed by atoms with E-state index in [1.807, 2.05) is 0 Å². The topological polar surface area (TPSA) is 81.9 Å². The van der Waals surface area contributed by atoms with E-state index in [4.69, 9.17) is 21.2 Å². The van der Waals surface area contributed by atoms with Gasteiger partial charge in [-0.05, 0) is 24.3 Å². The van der Waals surface area contributed by atoms with Gasteiger partial charge < -0.3 is 4.74 Å². The molecule has 0 radical (unpaired) electrons. The van der Waals surface area contributed by atoms with Crippen LogP contribution >= 0.6 is 11.6 Å². The fourth-order valence-corrected chi connectivity index (χ4v) is 3.01. The summed E-state index contributed by atoms with van der Waals surface area (Å²) < 4.78 is 44.0. The summed E-state index contributed by atoms with van der Waals surface area (Å²) in [5, 5.41) is 12.2. The van der Waals surface area contributed by atoms with Gasteiger partial charge in [0.25, 0.3) is 5.69 Å². The average molecular weight is 481 g/mol. The first-order valence-corrected chi connectivity index (χ1v) is 9.72. The van der Waals surface area contributed by atoms with Crippen LogP contribution in [0.3, 0.4) is 0 Å². The Labute approximate surface area is 191 Å². The van der Waals surface area contributed by atoms with Gasteiger partial charge in [0.1, 0.15) is 23.8 Å². The second-order valence-corrected chi connectivity index (χ2v) is 7.12. The SMILES string of the molecule is CN(OCC(=O)c1ccccc1)c1cc(Oc2ccc(C(F)(F)F)cc2Cl)ccc1[N+](=O)[O-]. The number of hydrogen-bond donors (Lipinski definition) is 0. The van der Waals surface area contributed by atoms with Gasteiger partial charge in [-0.25, -0.2) is 5.06 Å². The van der Waals surface area contributed by atoms with E-state index in [0.29, 0.717) is 11.6 Å². The smallest absolute Gasteiger partial charge is 0.416 e. The Balaban J connectivity index is 1.81. The van der Waals surface area contributed by atoms with Crippen molar-refractivity contribution in [2.45, 2.75) is 6.18 Å². The Morgan fingerprint density at radius 1 is 1.09 bits per heavy atom. The van der Waals surface area contributed by atoms with Crippen molar-refractivity contribution in [1.82, 2.24) is 0 Å². The molecule has 0 unspecified atom stereocenters. The van der Waals surface area contributed by atoms with Crippen molar-refractivity contribution in [3.63, 3.8) is 0 Å². The molecule has 0 amide bonds. The summed E-state index contributed by atoms with van der Waals surface area (Å²) >= 11 is 5.91. The average Bonchev–Trinajstić information content (AvgIpc) is 2.78. The molecule has 7 nitrogen and oxygen atoms in total. The van der Waals surface area contributed by atoms with Crippen LogP contribution in [0.1, 0.15) is 15.9 Å². The predicted molar refractivity (Wildman–Crippen MR) is 115 cm³/mol. The molecule has 0 aliphatic rings. The third kappa shape index (κ3) is 5.99. The first kappa shape index (κ1) is 24.0. The summed E-state index contributed by atoms with van der Waals surface area (Å²) in [5.41, 5.74) is -0.910. The molecule has 0 aromatic heterocycles. The lowest BCUT2D eigenvalue weighted by molar-refractivity contribution is -0.384. The fraction of sp³-hybridized carbons (Fsp3) is 0.136. The van der Waals surface area contributed by atoms with Crippen LogP contribution in [0.25, 0.3) is 0 Å². The van der Waals surface area contributed by atoms with Crippen molar-refractivity contribution < 1.29 is 32.5 Å². The molecule has 3 aromatic carbocycles. The minimum Gasteiger partial charge on any atom is -0.456 e. The van der Waals surface area contributed by atoms with Crippen molar-refractivity contribution in [1.29, 1.82) is 0 Å². The van der Waals surface area contributed by atoms with Crippen LogP contribution in [-0.4, -0.2) is 24.4 Å². The van der Waals surface area contributed by atoms with Crippen LogP contribution in [0.2, 0.25) is 5.02 Å². The van der Waals surface area contributed by atoms with E-state index in [0.717, 1.165) is 23.3 Å². The van der Waals surface area contributed by atoms with Crippen LogP contribution in [0, 0.1) is 10.1 Å². The van der Waals surface area contributed by atoms with Gasteiger partial charge in [0.15, 0.2) is 5.78 Å². The molecular weight excluding hydrogens is 465 g/mol. The van der Waals surface area contributed by atoms with Gasteiger partial charge >= 0.3 is 6.18 Å². The van der Waals surface area contributed by atoms with Crippen LogP contribution in [0.4, 0.5) is 24.5 Å². The molecule has 0 spiro atoms. The molecule has 0 aliphatic carbocycles. The summed E-state index contributed by atoms with van der Waals surface area (Å²) in [6.07, 6.45) is -4.57. The minimum absolute atomic E-state index is 0.0404. The number of nitrogens with zero attached hydrogens (tertiary/aromatic N) is 2. The highest BCUT2D eigenvalue weighted by atomic mass is 35.5. The molecule has 11 heteroatoms. The van der Waals surface area contributed by atoms with Crippen LogP contribution in [0.5, 0.6) is 11.5 Å². The Morgan fingerprint density at radius 2 is 1.79 bits per heavy atom. The number of hydrogen-bond acceptors (Lipinski definition) is 6. The Morgan fingerprint density at radius 3 is 2.39 bits per heavy atom. The summed E-state index contributed by atoms with van der Waals surface area (Å²) in [4.78, 5) is 28.4. The lowest BCUT2D eigenvalue weighted by atomic mass is 10.1. The maximum Gasteiger partial charge on any atom is 0.416 e. The van der Waals surface area contributed by atoms with Gasteiger partial charge in [0.05, 0.1) is 15.5 Å². The van der Waals surface area contributed by atoms with E-state index in [-0.39, 0.29) is 40.3 Å². The zero-order valence-electron chi connectivity index (χ0n) is 17.0. The van der Waals surface area contributed by atoms with Crippen molar-refractivity contribution >= 4 is 28.8 Å². The van der Waals surface area contributed by atoms with Crippen molar-refractivity contribution in [2.75, 3.05) is 18.7 Å². The molecule has 172 valence electrons. The third-order valence-corrected chi connectivity index (χ3v) is 4.75. The highest BCUT2D eigenvalue weighted by molar-refractivity contribution is 6.32. The number of ketones is 1. The number of alkyl halides is 3. The number of ether oxygens (including phenoxy) is 1. The normalized spacial score (nSPS) is 11.2. The summed E-state index contributed by atoms with van der Waals surface area (Å²) in [5.74, 6) is -0.358. The lowest BCUT2D eigenvalue weighted by Gasteiger charge is -2.19. The number of halogens is 4. The van der Waals surface area contributed by atoms with Crippen molar-refractivity contribution in [2.24, 2.45) is 0 Å². The molecule has 0 aliphatic heterocycles. The number of nitro benzene ring substituents is 1. The molecule has 33 heavy (non-hydrogen) atoms.